The first-order valence-corrected chi connectivity index (χ1v) is 5.39. The van der Waals surface area contributed by atoms with Gasteiger partial charge in [-0.25, -0.2) is 0 Å². The molecule has 0 fully saturated rings. The molecule has 1 aromatic heterocycles. The predicted molar refractivity (Wildman–Crippen MR) is 64.3 cm³/mol. The fourth-order valence-electron chi connectivity index (χ4n) is 1.18. The Bertz CT molecular complexity index is 406. The zero-order valence-electron chi connectivity index (χ0n) is 9.69. The Kier molecular flexibility index (Phi) is 4.93. The average molecular weight is 236 g/mol. The maximum atomic E-state index is 11.6. The number of carbonyl (C=O) groups is 2. The zero-order chi connectivity index (χ0) is 12.7. The molecule has 0 unspecified atom stereocenters. The van der Waals surface area contributed by atoms with E-state index >= 15 is 0 Å². The minimum atomic E-state index is -0.401. The molecule has 6 heteroatoms. The number of rotatable bonds is 5. The summed E-state index contributed by atoms with van der Waals surface area (Å²) in [7, 11) is 0. The summed E-state index contributed by atoms with van der Waals surface area (Å²) in [5.74, 6) is -0.620. The highest BCUT2D eigenvalue weighted by Gasteiger charge is 2.10. The summed E-state index contributed by atoms with van der Waals surface area (Å²) < 4.78 is 0. The molecule has 0 saturated carbocycles. The number of carbonyl (C=O) groups excluding carboxylic acids is 2. The van der Waals surface area contributed by atoms with E-state index in [1.54, 1.807) is 0 Å². The normalized spacial score (nSPS) is 9.71. The van der Waals surface area contributed by atoms with Crippen molar-refractivity contribution < 1.29 is 9.59 Å². The average Bonchev–Trinajstić information content (AvgIpc) is 2.34. The number of anilines is 1. The number of hydrogen-bond acceptors (Lipinski definition) is 4. The largest absolute Gasteiger partial charge is 0.398 e. The molecule has 6 nitrogen and oxygen atoms in total. The van der Waals surface area contributed by atoms with Crippen LogP contribution in [0.5, 0.6) is 0 Å². The molecule has 92 valence electrons. The van der Waals surface area contributed by atoms with Crippen molar-refractivity contribution in [3.63, 3.8) is 0 Å². The van der Waals surface area contributed by atoms with Crippen molar-refractivity contribution >= 4 is 17.5 Å². The van der Waals surface area contributed by atoms with Gasteiger partial charge >= 0.3 is 0 Å². The molecule has 1 rings (SSSR count). The molecular weight excluding hydrogens is 220 g/mol. The van der Waals surface area contributed by atoms with Gasteiger partial charge < -0.3 is 16.4 Å². The lowest BCUT2D eigenvalue weighted by Crippen LogP contribution is -2.37. The summed E-state index contributed by atoms with van der Waals surface area (Å²) in [6.07, 6.45) is 3.73. The quantitative estimate of drug-likeness (QED) is 0.666. The fraction of sp³-hybridized carbons (Fsp3) is 0.364. The minimum Gasteiger partial charge on any atom is -0.398 e. The molecule has 0 aliphatic rings. The summed E-state index contributed by atoms with van der Waals surface area (Å²) in [5, 5.41) is 5.13. The molecule has 0 bridgehead atoms. The third-order valence-electron chi connectivity index (χ3n) is 2.08. The second-order valence-corrected chi connectivity index (χ2v) is 3.50. The van der Waals surface area contributed by atoms with Crippen molar-refractivity contribution in [2.24, 2.45) is 0 Å². The summed E-state index contributed by atoms with van der Waals surface area (Å²) in [6.45, 7) is 2.49. The minimum absolute atomic E-state index is 0.0623. The smallest absolute Gasteiger partial charge is 0.255 e. The molecule has 1 aromatic rings. The standard InChI is InChI=1S/C11H16N4O2/c1-2-4-14-10(16)7-15-11(17)8-6-13-5-3-9(8)12/h3,5-6H,2,4,7H2,1H3,(H2,12,13)(H,14,16)(H,15,17). The van der Waals surface area contributed by atoms with E-state index in [4.69, 9.17) is 5.73 Å². The SMILES string of the molecule is CCCNC(=O)CNC(=O)c1cnccc1N. The second-order valence-electron chi connectivity index (χ2n) is 3.50. The van der Waals surface area contributed by atoms with Crippen molar-refractivity contribution in [1.82, 2.24) is 15.6 Å². The monoisotopic (exact) mass is 236 g/mol. The van der Waals surface area contributed by atoms with Gasteiger partial charge in [0.25, 0.3) is 5.91 Å². The number of amides is 2. The second kappa shape index (κ2) is 6.47. The Balaban J connectivity index is 2.45. The number of nitrogens with two attached hydrogens (primary N) is 1. The first-order valence-electron chi connectivity index (χ1n) is 5.39. The van der Waals surface area contributed by atoms with Gasteiger partial charge in [0.05, 0.1) is 12.1 Å². The van der Waals surface area contributed by atoms with Crippen LogP contribution in [0.4, 0.5) is 5.69 Å². The van der Waals surface area contributed by atoms with Crippen molar-refractivity contribution in [3.8, 4) is 0 Å². The van der Waals surface area contributed by atoms with E-state index in [1.807, 2.05) is 6.92 Å². The van der Waals surface area contributed by atoms with Crippen LogP contribution in [-0.2, 0) is 4.79 Å². The number of nitrogen functional groups attached to an aromatic ring is 1. The number of nitrogens with one attached hydrogen (secondary N) is 2. The van der Waals surface area contributed by atoms with Gasteiger partial charge in [-0.05, 0) is 12.5 Å². The lowest BCUT2D eigenvalue weighted by atomic mass is 10.2. The van der Waals surface area contributed by atoms with E-state index in [1.165, 1.54) is 18.5 Å². The highest BCUT2D eigenvalue weighted by molar-refractivity contribution is 6.00. The molecule has 0 saturated heterocycles. The first-order chi connectivity index (χ1) is 8.15. The Morgan fingerprint density at radius 2 is 2.18 bits per heavy atom. The summed E-state index contributed by atoms with van der Waals surface area (Å²) >= 11 is 0. The van der Waals surface area contributed by atoms with E-state index in [2.05, 4.69) is 15.6 Å². The van der Waals surface area contributed by atoms with Gasteiger partial charge in [-0.2, -0.15) is 0 Å². The zero-order valence-corrected chi connectivity index (χ0v) is 9.69. The number of nitrogens with zero attached hydrogens (tertiary/aromatic N) is 1. The maximum Gasteiger partial charge on any atom is 0.255 e. The first kappa shape index (κ1) is 13.0. The molecule has 0 aliphatic carbocycles. The Labute approximate surface area is 99.6 Å². The molecule has 4 N–H and O–H groups in total. The lowest BCUT2D eigenvalue weighted by molar-refractivity contribution is -0.120. The highest BCUT2D eigenvalue weighted by atomic mass is 16.2. The van der Waals surface area contributed by atoms with Gasteiger partial charge in [-0.3, -0.25) is 14.6 Å². The molecule has 0 aliphatic heterocycles. The third-order valence-corrected chi connectivity index (χ3v) is 2.08. The van der Waals surface area contributed by atoms with Crippen molar-refractivity contribution in [3.05, 3.63) is 24.0 Å². The van der Waals surface area contributed by atoms with Gasteiger partial charge in [0.1, 0.15) is 0 Å². The molecule has 17 heavy (non-hydrogen) atoms. The molecule has 2 amide bonds. The summed E-state index contributed by atoms with van der Waals surface area (Å²) in [4.78, 5) is 26.7. The van der Waals surface area contributed by atoms with Gasteiger partial charge in [0.15, 0.2) is 0 Å². The van der Waals surface area contributed by atoms with E-state index in [0.717, 1.165) is 6.42 Å². The van der Waals surface area contributed by atoms with E-state index in [0.29, 0.717) is 12.2 Å². The third kappa shape index (κ3) is 4.10. The van der Waals surface area contributed by atoms with E-state index < -0.39 is 5.91 Å². The van der Waals surface area contributed by atoms with Crippen LogP contribution in [-0.4, -0.2) is 29.9 Å². The molecule has 1 heterocycles. The topological polar surface area (TPSA) is 97.1 Å². The van der Waals surface area contributed by atoms with Crippen LogP contribution < -0.4 is 16.4 Å². The van der Waals surface area contributed by atoms with Crippen LogP contribution in [0.2, 0.25) is 0 Å². The number of hydrogen-bond donors (Lipinski definition) is 3. The molecule has 0 atom stereocenters. The van der Waals surface area contributed by atoms with Crippen LogP contribution in [0.15, 0.2) is 18.5 Å². The van der Waals surface area contributed by atoms with Gasteiger partial charge in [0.2, 0.25) is 5.91 Å². The lowest BCUT2D eigenvalue weighted by Gasteiger charge is -2.07. The van der Waals surface area contributed by atoms with Crippen LogP contribution >= 0.6 is 0 Å². The van der Waals surface area contributed by atoms with Crippen LogP contribution in [0.1, 0.15) is 23.7 Å². The van der Waals surface area contributed by atoms with Gasteiger partial charge in [-0.1, -0.05) is 6.92 Å². The molecular formula is C11H16N4O2. The van der Waals surface area contributed by atoms with Gasteiger partial charge in [0, 0.05) is 24.6 Å². The Morgan fingerprint density at radius 1 is 1.41 bits per heavy atom. The van der Waals surface area contributed by atoms with Crippen LogP contribution in [0.25, 0.3) is 0 Å². The fourth-order valence-corrected chi connectivity index (χ4v) is 1.18. The molecule has 0 spiro atoms. The van der Waals surface area contributed by atoms with Crippen molar-refractivity contribution in [2.45, 2.75) is 13.3 Å². The van der Waals surface area contributed by atoms with Crippen LogP contribution in [0.3, 0.4) is 0 Å². The van der Waals surface area contributed by atoms with E-state index in [9.17, 15) is 9.59 Å². The summed E-state index contributed by atoms with van der Waals surface area (Å²) in [5.41, 5.74) is 6.22. The highest BCUT2D eigenvalue weighted by Crippen LogP contribution is 2.07. The number of pyridine rings is 1. The molecule has 0 radical (unpaired) electrons. The maximum absolute atomic E-state index is 11.6. The Morgan fingerprint density at radius 3 is 2.82 bits per heavy atom. The predicted octanol–water partition coefficient (Wildman–Crippen LogP) is -0.0802. The Hall–Kier alpha value is -2.11. The van der Waals surface area contributed by atoms with E-state index in [-0.39, 0.29) is 18.0 Å². The summed E-state index contributed by atoms with van der Waals surface area (Å²) in [6, 6.07) is 1.53. The van der Waals surface area contributed by atoms with Crippen molar-refractivity contribution in [1.29, 1.82) is 0 Å². The van der Waals surface area contributed by atoms with Gasteiger partial charge in [-0.15, -0.1) is 0 Å². The van der Waals surface area contributed by atoms with Crippen molar-refractivity contribution in [2.75, 3.05) is 18.8 Å². The number of aromatic nitrogens is 1. The van der Waals surface area contributed by atoms with Crippen LogP contribution in [0, 0.1) is 0 Å². The molecule has 0 aromatic carbocycles.